The lowest BCUT2D eigenvalue weighted by Crippen LogP contribution is -2.29. The van der Waals surface area contributed by atoms with Crippen LogP contribution in [0.3, 0.4) is 0 Å². The second kappa shape index (κ2) is 6.37. The highest BCUT2D eigenvalue weighted by atomic mass is 79.9. The molecule has 7 heteroatoms. The fourth-order valence-electron chi connectivity index (χ4n) is 1.79. The van der Waals surface area contributed by atoms with Crippen LogP contribution in [0.2, 0.25) is 5.02 Å². The maximum Gasteiger partial charge on any atom is 0.242 e. The van der Waals surface area contributed by atoms with E-state index in [1.165, 1.54) is 6.07 Å². The van der Waals surface area contributed by atoms with Crippen molar-refractivity contribution >= 4 is 37.6 Å². The van der Waals surface area contributed by atoms with Crippen molar-refractivity contribution in [3.05, 3.63) is 39.3 Å². The van der Waals surface area contributed by atoms with E-state index in [0.29, 0.717) is 6.54 Å². The first-order chi connectivity index (χ1) is 8.99. The zero-order chi connectivity index (χ0) is 13.9. The Labute approximate surface area is 126 Å². The van der Waals surface area contributed by atoms with Gasteiger partial charge in [0, 0.05) is 17.6 Å². The molecule has 19 heavy (non-hydrogen) atoms. The fraction of sp³-hybridized carbons (Fsp3) is 0.333. The topological polar surface area (TPSA) is 58.2 Å². The number of hydrogen-bond donors (Lipinski definition) is 2. The van der Waals surface area contributed by atoms with Gasteiger partial charge in [-0.2, -0.15) is 0 Å². The highest BCUT2D eigenvalue weighted by Gasteiger charge is 2.18. The van der Waals surface area contributed by atoms with E-state index < -0.39 is 10.0 Å². The van der Waals surface area contributed by atoms with Crippen molar-refractivity contribution in [1.29, 1.82) is 0 Å². The van der Waals surface area contributed by atoms with Crippen molar-refractivity contribution < 1.29 is 8.42 Å². The smallest absolute Gasteiger partial charge is 0.242 e. The van der Waals surface area contributed by atoms with Gasteiger partial charge in [0.2, 0.25) is 10.0 Å². The Morgan fingerprint density at radius 2 is 2.21 bits per heavy atom. The average molecular weight is 366 g/mol. The minimum atomic E-state index is -3.57. The lowest BCUT2D eigenvalue weighted by Gasteiger charge is -2.15. The normalized spacial score (nSPS) is 16.2. The zero-order valence-electron chi connectivity index (χ0n) is 10.1. The summed E-state index contributed by atoms with van der Waals surface area (Å²) in [7, 11) is -3.57. The van der Waals surface area contributed by atoms with Crippen LogP contribution in [0.25, 0.3) is 0 Å². The molecule has 0 amide bonds. The van der Waals surface area contributed by atoms with Gasteiger partial charge in [-0.3, -0.25) is 0 Å². The van der Waals surface area contributed by atoms with Crippen molar-refractivity contribution in [2.75, 3.05) is 19.6 Å². The van der Waals surface area contributed by atoms with E-state index >= 15 is 0 Å². The Hall–Kier alpha value is -0.400. The van der Waals surface area contributed by atoms with Gasteiger partial charge in [-0.05, 0) is 31.2 Å². The molecule has 0 aliphatic carbocycles. The van der Waals surface area contributed by atoms with Gasteiger partial charge >= 0.3 is 0 Å². The van der Waals surface area contributed by atoms with E-state index in [9.17, 15) is 8.42 Å². The Morgan fingerprint density at radius 1 is 1.42 bits per heavy atom. The van der Waals surface area contributed by atoms with Gasteiger partial charge in [-0.1, -0.05) is 39.2 Å². The van der Waals surface area contributed by atoms with Gasteiger partial charge in [0.15, 0.2) is 0 Å². The van der Waals surface area contributed by atoms with E-state index in [1.54, 1.807) is 12.1 Å². The highest BCUT2D eigenvalue weighted by molar-refractivity contribution is 9.10. The molecule has 0 unspecified atom stereocenters. The standard InChI is InChI=1S/C12H14BrClN2O2S/c13-10-1-2-12(11(14)7-10)19(17,18)16-8-9-3-5-15-6-4-9/h1-3,7,15-16H,4-6,8H2. The summed E-state index contributed by atoms with van der Waals surface area (Å²) in [6.45, 7) is 2.00. The zero-order valence-corrected chi connectivity index (χ0v) is 13.3. The molecule has 1 aliphatic rings. The summed E-state index contributed by atoms with van der Waals surface area (Å²) >= 11 is 9.21. The molecule has 0 bridgehead atoms. The van der Waals surface area contributed by atoms with Gasteiger partial charge in [-0.15, -0.1) is 0 Å². The number of rotatable bonds is 4. The summed E-state index contributed by atoms with van der Waals surface area (Å²) in [6.07, 6.45) is 2.87. The third-order valence-electron chi connectivity index (χ3n) is 2.83. The predicted octanol–water partition coefficient (Wildman–Crippen LogP) is 2.30. The number of nitrogens with one attached hydrogen (secondary N) is 2. The third kappa shape index (κ3) is 4.03. The molecule has 0 spiro atoms. The number of sulfonamides is 1. The van der Waals surface area contributed by atoms with E-state index in [2.05, 4.69) is 26.0 Å². The molecule has 1 heterocycles. The van der Waals surface area contributed by atoms with Crippen molar-refractivity contribution in [2.24, 2.45) is 0 Å². The summed E-state index contributed by atoms with van der Waals surface area (Å²) in [5.74, 6) is 0. The van der Waals surface area contributed by atoms with E-state index in [0.717, 1.165) is 29.6 Å². The Bertz CT molecular complexity index is 602. The lowest BCUT2D eigenvalue weighted by molar-refractivity contribution is 0.582. The second-order valence-electron chi connectivity index (χ2n) is 4.22. The first kappa shape index (κ1) is 15.0. The van der Waals surface area contributed by atoms with Crippen LogP contribution in [0.5, 0.6) is 0 Å². The van der Waals surface area contributed by atoms with Crippen LogP contribution < -0.4 is 10.0 Å². The van der Waals surface area contributed by atoms with Crippen LogP contribution in [0.4, 0.5) is 0 Å². The minimum Gasteiger partial charge on any atom is -0.313 e. The Morgan fingerprint density at radius 3 is 2.84 bits per heavy atom. The van der Waals surface area contributed by atoms with Crippen molar-refractivity contribution in [3.63, 3.8) is 0 Å². The third-order valence-corrected chi connectivity index (χ3v) is 5.21. The molecule has 1 aliphatic heterocycles. The average Bonchev–Trinajstić information content (AvgIpc) is 2.37. The lowest BCUT2D eigenvalue weighted by atomic mass is 10.1. The molecule has 4 nitrogen and oxygen atoms in total. The van der Waals surface area contributed by atoms with Gasteiger partial charge in [0.05, 0.1) is 5.02 Å². The van der Waals surface area contributed by atoms with Gasteiger partial charge in [0.1, 0.15) is 4.90 Å². The Balaban J connectivity index is 2.11. The molecule has 0 atom stereocenters. The van der Waals surface area contributed by atoms with Crippen LogP contribution >= 0.6 is 27.5 Å². The van der Waals surface area contributed by atoms with Crippen molar-refractivity contribution in [3.8, 4) is 0 Å². The molecular formula is C12H14BrClN2O2S. The molecule has 0 radical (unpaired) electrons. The largest absolute Gasteiger partial charge is 0.313 e. The Kier molecular flexibility index (Phi) is 5.03. The fourth-order valence-corrected chi connectivity index (χ4v) is 3.86. The van der Waals surface area contributed by atoms with Crippen LogP contribution in [-0.4, -0.2) is 28.1 Å². The first-order valence-corrected chi connectivity index (χ1v) is 8.48. The van der Waals surface area contributed by atoms with Crippen LogP contribution in [0, 0.1) is 0 Å². The molecule has 0 saturated heterocycles. The number of halogens is 2. The maximum atomic E-state index is 12.2. The predicted molar refractivity (Wildman–Crippen MR) is 79.9 cm³/mol. The van der Waals surface area contributed by atoms with Crippen LogP contribution in [-0.2, 0) is 10.0 Å². The highest BCUT2D eigenvalue weighted by Crippen LogP contribution is 2.25. The summed E-state index contributed by atoms with van der Waals surface area (Å²) in [4.78, 5) is 0.104. The van der Waals surface area contributed by atoms with Crippen molar-refractivity contribution in [1.82, 2.24) is 10.0 Å². The van der Waals surface area contributed by atoms with Crippen molar-refractivity contribution in [2.45, 2.75) is 11.3 Å². The minimum absolute atomic E-state index is 0.104. The number of hydrogen-bond acceptors (Lipinski definition) is 3. The summed E-state index contributed by atoms with van der Waals surface area (Å²) < 4.78 is 27.6. The molecule has 0 aromatic heterocycles. The molecule has 2 N–H and O–H groups in total. The molecule has 0 fully saturated rings. The maximum absolute atomic E-state index is 12.2. The summed E-state index contributed by atoms with van der Waals surface area (Å²) in [5.41, 5.74) is 1.09. The van der Waals surface area contributed by atoms with E-state index in [4.69, 9.17) is 11.6 Å². The van der Waals surface area contributed by atoms with Crippen LogP contribution in [0.1, 0.15) is 6.42 Å². The first-order valence-electron chi connectivity index (χ1n) is 5.82. The van der Waals surface area contributed by atoms with E-state index in [1.807, 2.05) is 6.08 Å². The SMILES string of the molecule is O=S(=O)(NCC1=CCNCC1)c1ccc(Br)cc1Cl. The monoisotopic (exact) mass is 364 g/mol. The van der Waals surface area contributed by atoms with Gasteiger partial charge < -0.3 is 5.32 Å². The molecule has 1 aromatic rings. The second-order valence-corrected chi connectivity index (χ2v) is 7.27. The van der Waals surface area contributed by atoms with Gasteiger partial charge in [0.25, 0.3) is 0 Å². The quantitative estimate of drug-likeness (QED) is 0.805. The molecule has 2 rings (SSSR count). The molecule has 0 saturated carbocycles. The summed E-state index contributed by atoms with van der Waals surface area (Å²) in [6, 6.07) is 4.72. The number of benzene rings is 1. The summed E-state index contributed by atoms with van der Waals surface area (Å²) in [5, 5.41) is 3.39. The van der Waals surface area contributed by atoms with Crippen LogP contribution in [0.15, 0.2) is 39.2 Å². The van der Waals surface area contributed by atoms with Gasteiger partial charge in [-0.25, -0.2) is 13.1 Å². The molecule has 1 aromatic carbocycles. The van der Waals surface area contributed by atoms with E-state index in [-0.39, 0.29) is 9.92 Å². The molecule has 104 valence electrons. The molecular weight excluding hydrogens is 352 g/mol.